The third-order valence-electron chi connectivity index (χ3n) is 2.54. The van der Waals surface area contributed by atoms with Crippen molar-refractivity contribution in [2.45, 2.75) is 52.5 Å². The molecule has 1 aliphatic heterocycles. The van der Waals surface area contributed by atoms with Gasteiger partial charge in [0.2, 0.25) is 0 Å². The van der Waals surface area contributed by atoms with Crippen LogP contribution in [0.15, 0.2) is 0 Å². The molecule has 1 heterocycles. The van der Waals surface area contributed by atoms with Crippen LogP contribution in [0.3, 0.4) is 0 Å². The van der Waals surface area contributed by atoms with Crippen molar-refractivity contribution in [2.75, 3.05) is 19.7 Å². The van der Waals surface area contributed by atoms with E-state index in [9.17, 15) is 0 Å². The van der Waals surface area contributed by atoms with E-state index in [1.807, 2.05) is 13.8 Å². The maximum atomic E-state index is 8.59. The average Bonchev–Trinajstić information content (AvgIpc) is 2.56. The summed E-state index contributed by atoms with van der Waals surface area (Å²) in [7, 11) is 0. The van der Waals surface area contributed by atoms with Gasteiger partial charge >= 0.3 is 0 Å². The first-order valence-corrected chi connectivity index (χ1v) is 5.69. The summed E-state index contributed by atoms with van der Waals surface area (Å²) in [5.41, 5.74) is 0. The number of hydrogen-bond donors (Lipinski definition) is 1. The normalized spacial score (nSPS) is 22.6. The van der Waals surface area contributed by atoms with Crippen LogP contribution in [0.5, 0.6) is 0 Å². The van der Waals surface area contributed by atoms with Gasteiger partial charge in [-0.3, -0.25) is 0 Å². The number of nitrogens with zero attached hydrogens (tertiary/aromatic N) is 1. The van der Waals surface area contributed by atoms with E-state index in [1.165, 1.54) is 25.9 Å². The lowest BCUT2D eigenvalue weighted by Crippen LogP contribution is -2.27. The Labute approximate surface area is 82.9 Å². The van der Waals surface area contributed by atoms with Crippen molar-refractivity contribution >= 4 is 0 Å². The van der Waals surface area contributed by atoms with Gasteiger partial charge in [-0.1, -0.05) is 13.8 Å². The summed E-state index contributed by atoms with van der Waals surface area (Å²) < 4.78 is 0. The zero-order chi connectivity index (χ0) is 10.1. The SMILES string of the molecule is CC.CC1CCCN1CCCCO. The molecular weight excluding hydrogens is 162 g/mol. The summed E-state index contributed by atoms with van der Waals surface area (Å²) in [6.07, 6.45) is 4.84. The maximum Gasteiger partial charge on any atom is 0.0431 e. The Hall–Kier alpha value is -0.0800. The Kier molecular flexibility index (Phi) is 8.46. The molecule has 0 amide bonds. The second-order valence-corrected chi connectivity index (χ2v) is 3.46. The standard InChI is InChI=1S/C9H19NO.C2H6/c1-9-5-4-7-10(9)6-2-3-8-11;1-2/h9,11H,2-8H2,1H3;1-2H3. The Morgan fingerprint density at radius 2 is 2.00 bits per heavy atom. The first kappa shape index (κ1) is 12.9. The van der Waals surface area contributed by atoms with Crippen molar-refractivity contribution in [3.63, 3.8) is 0 Å². The molecule has 0 spiro atoms. The molecule has 1 atom stereocenters. The zero-order valence-corrected chi connectivity index (χ0v) is 9.42. The van der Waals surface area contributed by atoms with Gasteiger partial charge in [0.15, 0.2) is 0 Å². The Balaban J connectivity index is 0.000000671. The summed E-state index contributed by atoms with van der Waals surface area (Å²) in [5, 5.41) is 8.59. The molecule has 1 aliphatic rings. The minimum atomic E-state index is 0.349. The molecule has 0 bridgehead atoms. The minimum Gasteiger partial charge on any atom is -0.396 e. The molecule has 1 fully saturated rings. The molecule has 1 rings (SSSR count). The number of likely N-dealkylation sites (tertiary alicyclic amines) is 1. The van der Waals surface area contributed by atoms with Gasteiger partial charge in [0.1, 0.15) is 0 Å². The number of hydrogen-bond acceptors (Lipinski definition) is 2. The van der Waals surface area contributed by atoms with Crippen molar-refractivity contribution in [1.82, 2.24) is 4.90 Å². The molecule has 13 heavy (non-hydrogen) atoms. The van der Waals surface area contributed by atoms with Crippen molar-refractivity contribution in [3.8, 4) is 0 Å². The topological polar surface area (TPSA) is 23.5 Å². The lowest BCUT2D eigenvalue weighted by atomic mass is 10.2. The van der Waals surface area contributed by atoms with Crippen LogP contribution >= 0.6 is 0 Å². The highest BCUT2D eigenvalue weighted by atomic mass is 16.2. The molecule has 0 aromatic heterocycles. The van der Waals surface area contributed by atoms with Crippen LogP contribution in [0, 0.1) is 0 Å². The van der Waals surface area contributed by atoms with Gasteiger partial charge < -0.3 is 10.0 Å². The van der Waals surface area contributed by atoms with Crippen LogP contribution in [0.2, 0.25) is 0 Å². The van der Waals surface area contributed by atoms with Crippen molar-refractivity contribution < 1.29 is 5.11 Å². The molecule has 0 radical (unpaired) electrons. The van der Waals surface area contributed by atoms with Gasteiger partial charge in [0.25, 0.3) is 0 Å². The van der Waals surface area contributed by atoms with E-state index in [2.05, 4.69) is 11.8 Å². The average molecular weight is 187 g/mol. The third kappa shape index (κ3) is 5.27. The van der Waals surface area contributed by atoms with Gasteiger partial charge in [-0.15, -0.1) is 0 Å². The molecule has 0 aliphatic carbocycles. The lowest BCUT2D eigenvalue weighted by Gasteiger charge is -2.20. The van der Waals surface area contributed by atoms with E-state index >= 15 is 0 Å². The summed E-state index contributed by atoms with van der Waals surface area (Å²) in [5.74, 6) is 0. The summed E-state index contributed by atoms with van der Waals surface area (Å²) >= 11 is 0. The molecule has 2 heteroatoms. The lowest BCUT2D eigenvalue weighted by molar-refractivity contribution is 0.238. The van der Waals surface area contributed by atoms with Crippen LogP contribution in [0.1, 0.15) is 46.5 Å². The van der Waals surface area contributed by atoms with E-state index < -0.39 is 0 Å². The fraction of sp³-hybridized carbons (Fsp3) is 1.00. The van der Waals surface area contributed by atoms with Crippen molar-refractivity contribution in [2.24, 2.45) is 0 Å². The van der Waals surface area contributed by atoms with Gasteiger partial charge in [0, 0.05) is 12.6 Å². The summed E-state index contributed by atoms with van der Waals surface area (Å²) in [6.45, 7) is 9.10. The number of unbranched alkanes of at least 4 members (excludes halogenated alkanes) is 1. The molecular formula is C11H25NO. The van der Waals surface area contributed by atoms with Crippen LogP contribution in [0.4, 0.5) is 0 Å². The molecule has 2 nitrogen and oxygen atoms in total. The molecule has 1 N–H and O–H groups in total. The molecule has 1 saturated heterocycles. The fourth-order valence-corrected chi connectivity index (χ4v) is 1.75. The monoisotopic (exact) mass is 187 g/mol. The maximum absolute atomic E-state index is 8.59. The predicted octanol–water partition coefficient (Wildman–Crippen LogP) is 2.27. The predicted molar refractivity (Wildman–Crippen MR) is 57.9 cm³/mol. The number of aliphatic hydroxyl groups is 1. The first-order chi connectivity index (χ1) is 6.34. The highest BCUT2D eigenvalue weighted by Gasteiger charge is 2.18. The van der Waals surface area contributed by atoms with Gasteiger partial charge in [0.05, 0.1) is 0 Å². The largest absolute Gasteiger partial charge is 0.396 e. The van der Waals surface area contributed by atoms with E-state index in [1.54, 1.807) is 0 Å². The van der Waals surface area contributed by atoms with Gasteiger partial charge in [-0.05, 0) is 45.7 Å². The summed E-state index contributed by atoms with van der Waals surface area (Å²) in [4.78, 5) is 2.52. The van der Waals surface area contributed by atoms with E-state index in [0.717, 1.165) is 18.9 Å². The number of aliphatic hydroxyl groups excluding tert-OH is 1. The fourth-order valence-electron chi connectivity index (χ4n) is 1.75. The van der Waals surface area contributed by atoms with Crippen LogP contribution in [0.25, 0.3) is 0 Å². The van der Waals surface area contributed by atoms with Crippen LogP contribution in [-0.2, 0) is 0 Å². The third-order valence-corrected chi connectivity index (χ3v) is 2.54. The summed E-state index contributed by atoms with van der Waals surface area (Å²) in [6, 6.07) is 0.786. The Morgan fingerprint density at radius 1 is 1.31 bits per heavy atom. The van der Waals surface area contributed by atoms with Crippen LogP contribution < -0.4 is 0 Å². The van der Waals surface area contributed by atoms with Crippen molar-refractivity contribution in [1.29, 1.82) is 0 Å². The molecule has 1 unspecified atom stereocenters. The Bertz CT molecular complexity index is 106. The molecule has 0 saturated carbocycles. The quantitative estimate of drug-likeness (QED) is 0.682. The van der Waals surface area contributed by atoms with Crippen molar-refractivity contribution in [3.05, 3.63) is 0 Å². The highest BCUT2D eigenvalue weighted by molar-refractivity contribution is 4.74. The van der Waals surface area contributed by atoms with Gasteiger partial charge in [-0.25, -0.2) is 0 Å². The second kappa shape index (κ2) is 8.52. The highest BCUT2D eigenvalue weighted by Crippen LogP contribution is 2.16. The van der Waals surface area contributed by atoms with Gasteiger partial charge in [-0.2, -0.15) is 0 Å². The van der Waals surface area contributed by atoms with E-state index in [-0.39, 0.29) is 0 Å². The Morgan fingerprint density at radius 3 is 2.46 bits per heavy atom. The number of rotatable bonds is 4. The van der Waals surface area contributed by atoms with Crippen LogP contribution in [-0.4, -0.2) is 35.7 Å². The van der Waals surface area contributed by atoms with E-state index in [0.29, 0.717) is 6.61 Å². The first-order valence-electron chi connectivity index (χ1n) is 5.69. The van der Waals surface area contributed by atoms with E-state index in [4.69, 9.17) is 5.11 Å². The zero-order valence-electron chi connectivity index (χ0n) is 9.42. The second-order valence-electron chi connectivity index (χ2n) is 3.46. The minimum absolute atomic E-state index is 0.349. The molecule has 0 aromatic carbocycles. The molecule has 0 aromatic rings. The smallest absolute Gasteiger partial charge is 0.0431 e. The molecule has 80 valence electrons.